The molecule has 1 saturated heterocycles. The lowest BCUT2D eigenvalue weighted by Crippen LogP contribution is -2.45. The summed E-state index contributed by atoms with van der Waals surface area (Å²) in [5.74, 6) is -0.517. The predicted molar refractivity (Wildman–Crippen MR) is 112 cm³/mol. The van der Waals surface area contributed by atoms with Crippen LogP contribution in [0.15, 0.2) is 62.6 Å². The first kappa shape index (κ1) is 20.4. The number of rotatable bonds is 4. The van der Waals surface area contributed by atoms with Gasteiger partial charge in [0.1, 0.15) is 11.4 Å². The zero-order valence-corrected chi connectivity index (χ0v) is 17.3. The van der Waals surface area contributed by atoms with Crippen LogP contribution >= 0.6 is 0 Å². The van der Waals surface area contributed by atoms with Crippen LogP contribution in [0.4, 0.5) is 15.8 Å². The molecule has 1 aromatic heterocycles. The lowest BCUT2D eigenvalue weighted by Gasteiger charge is -2.37. The van der Waals surface area contributed by atoms with Gasteiger partial charge in [-0.25, -0.2) is 17.6 Å². The highest BCUT2D eigenvalue weighted by Gasteiger charge is 2.25. The Bertz CT molecular complexity index is 1250. The smallest absolute Gasteiger partial charge is 0.336 e. The topological polar surface area (TPSA) is 88.9 Å². The lowest BCUT2D eigenvalue weighted by molar-refractivity contribution is -0.00539. The molecule has 0 aliphatic carbocycles. The number of fused-ring (bicyclic) bond motifs is 1. The van der Waals surface area contributed by atoms with Crippen molar-refractivity contribution in [3.8, 4) is 0 Å². The van der Waals surface area contributed by atoms with Crippen molar-refractivity contribution in [3.63, 3.8) is 0 Å². The van der Waals surface area contributed by atoms with Crippen molar-refractivity contribution in [2.24, 2.45) is 0 Å². The first-order valence-electron chi connectivity index (χ1n) is 9.48. The highest BCUT2D eigenvalue weighted by molar-refractivity contribution is 7.92. The number of morpholine rings is 1. The van der Waals surface area contributed by atoms with E-state index in [1.165, 1.54) is 36.4 Å². The number of nitrogens with one attached hydrogen (secondary N) is 1. The summed E-state index contributed by atoms with van der Waals surface area (Å²) < 4.78 is 53.3. The van der Waals surface area contributed by atoms with Gasteiger partial charge in [-0.2, -0.15) is 0 Å². The summed E-state index contributed by atoms with van der Waals surface area (Å²) in [4.78, 5) is 13.1. The van der Waals surface area contributed by atoms with Crippen LogP contribution in [-0.2, 0) is 14.8 Å². The summed E-state index contributed by atoms with van der Waals surface area (Å²) in [6, 6.07) is 11.1. The molecule has 2 aromatic carbocycles. The highest BCUT2D eigenvalue weighted by Crippen LogP contribution is 2.27. The van der Waals surface area contributed by atoms with Crippen LogP contribution in [0.1, 0.15) is 13.8 Å². The van der Waals surface area contributed by atoms with Crippen molar-refractivity contribution in [2.45, 2.75) is 31.0 Å². The number of sulfonamides is 1. The molecular formula is C21H21FN2O5S. The van der Waals surface area contributed by atoms with E-state index in [1.807, 2.05) is 18.7 Å². The zero-order chi connectivity index (χ0) is 21.5. The van der Waals surface area contributed by atoms with E-state index in [0.717, 1.165) is 6.07 Å². The van der Waals surface area contributed by atoms with Crippen molar-refractivity contribution < 1.29 is 22.0 Å². The van der Waals surface area contributed by atoms with Gasteiger partial charge in [0.15, 0.2) is 0 Å². The van der Waals surface area contributed by atoms with Crippen LogP contribution in [-0.4, -0.2) is 33.7 Å². The van der Waals surface area contributed by atoms with E-state index in [-0.39, 0.29) is 28.4 Å². The standard InChI is InChI=1S/C21H21FN2O5S/c1-13-11-24(12-14(2)28-13)19-6-4-16(10-18(19)22)23-30(26,27)17-5-7-20-15(9-17)3-8-21(25)29-20/h3-10,13-14,23H,11-12H2,1-2H3. The molecule has 3 aromatic rings. The Balaban J connectivity index is 1.58. The Morgan fingerprint density at radius 1 is 1.03 bits per heavy atom. The Kier molecular flexibility index (Phi) is 5.25. The van der Waals surface area contributed by atoms with Gasteiger partial charge < -0.3 is 14.1 Å². The summed E-state index contributed by atoms with van der Waals surface area (Å²) >= 11 is 0. The predicted octanol–water partition coefficient (Wildman–Crippen LogP) is 3.35. The van der Waals surface area contributed by atoms with E-state index < -0.39 is 21.5 Å². The molecule has 158 valence electrons. The van der Waals surface area contributed by atoms with E-state index in [4.69, 9.17) is 9.15 Å². The fourth-order valence-electron chi connectivity index (χ4n) is 3.63. The van der Waals surface area contributed by atoms with E-state index in [0.29, 0.717) is 24.2 Å². The molecule has 0 saturated carbocycles. The molecule has 4 rings (SSSR count). The van der Waals surface area contributed by atoms with Crippen molar-refractivity contribution >= 4 is 32.4 Å². The van der Waals surface area contributed by atoms with Gasteiger partial charge >= 0.3 is 5.63 Å². The van der Waals surface area contributed by atoms with Gasteiger partial charge in [0.2, 0.25) is 0 Å². The molecule has 1 aliphatic heterocycles. The SMILES string of the molecule is CC1CN(c2ccc(NS(=O)(=O)c3ccc4oc(=O)ccc4c3)cc2F)CC(C)O1. The molecule has 2 unspecified atom stereocenters. The van der Waals surface area contributed by atoms with Crippen LogP contribution < -0.4 is 15.2 Å². The average Bonchev–Trinajstić information content (AvgIpc) is 2.66. The Morgan fingerprint density at radius 3 is 2.47 bits per heavy atom. The first-order valence-corrected chi connectivity index (χ1v) is 11.0. The number of nitrogens with zero attached hydrogens (tertiary/aromatic N) is 1. The van der Waals surface area contributed by atoms with Crippen LogP contribution in [0.25, 0.3) is 11.0 Å². The lowest BCUT2D eigenvalue weighted by atomic mass is 10.2. The molecule has 0 spiro atoms. The molecular weight excluding hydrogens is 411 g/mol. The minimum atomic E-state index is -3.96. The maximum Gasteiger partial charge on any atom is 0.336 e. The van der Waals surface area contributed by atoms with E-state index in [1.54, 1.807) is 6.07 Å². The van der Waals surface area contributed by atoms with Crippen molar-refractivity contribution in [1.82, 2.24) is 0 Å². The Hall–Kier alpha value is -2.91. The molecule has 1 aliphatic rings. The van der Waals surface area contributed by atoms with Gasteiger partial charge in [0.05, 0.1) is 28.5 Å². The summed E-state index contributed by atoms with van der Waals surface area (Å²) in [6.07, 6.45) is -0.0488. The van der Waals surface area contributed by atoms with Gasteiger partial charge in [-0.05, 0) is 50.2 Å². The first-order chi connectivity index (χ1) is 14.2. The number of hydrogen-bond acceptors (Lipinski definition) is 6. The van der Waals surface area contributed by atoms with E-state index in [9.17, 15) is 17.6 Å². The molecule has 1 N–H and O–H groups in total. The Morgan fingerprint density at radius 2 is 1.77 bits per heavy atom. The summed E-state index contributed by atoms with van der Waals surface area (Å²) in [6.45, 7) is 4.97. The summed E-state index contributed by atoms with van der Waals surface area (Å²) in [7, 11) is -3.96. The van der Waals surface area contributed by atoms with Gasteiger partial charge in [0, 0.05) is 30.6 Å². The maximum atomic E-state index is 14.8. The highest BCUT2D eigenvalue weighted by atomic mass is 32.2. The average molecular weight is 432 g/mol. The number of halogens is 1. The number of anilines is 2. The Labute approximate surface area is 173 Å². The third kappa shape index (κ3) is 4.17. The summed E-state index contributed by atoms with van der Waals surface area (Å²) in [5.41, 5.74) is 0.285. The molecule has 0 amide bonds. The third-order valence-corrected chi connectivity index (χ3v) is 6.24. The second kappa shape index (κ2) is 7.73. The van der Waals surface area contributed by atoms with Crippen molar-refractivity contribution in [3.05, 3.63) is 64.8 Å². The monoisotopic (exact) mass is 432 g/mol. The van der Waals surface area contributed by atoms with E-state index in [2.05, 4.69) is 4.72 Å². The van der Waals surface area contributed by atoms with Crippen LogP contribution in [0.3, 0.4) is 0 Å². The van der Waals surface area contributed by atoms with Crippen LogP contribution in [0, 0.1) is 5.82 Å². The van der Waals surface area contributed by atoms with Crippen molar-refractivity contribution in [2.75, 3.05) is 22.7 Å². The molecule has 2 heterocycles. The zero-order valence-electron chi connectivity index (χ0n) is 16.5. The molecule has 7 nitrogen and oxygen atoms in total. The molecule has 0 bridgehead atoms. The van der Waals surface area contributed by atoms with Gasteiger partial charge in [-0.15, -0.1) is 0 Å². The second-order valence-electron chi connectivity index (χ2n) is 7.39. The quantitative estimate of drug-likeness (QED) is 0.636. The molecule has 0 radical (unpaired) electrons. The largest absolute Gasteiger partial charge is 0.423 e. The third-order valence-electron chi connectivity index (χ3n) is 4.86. The number of hydrogen-bond donors (Lipinski definition) is 1. The van der Waals surface area contributed by atoms with Crippen LogP contribution in [0.2, 0.25) is 0 Å². The minimum Gasteiger partial charge on any atom is -0.423 e. The fourth-order valence-corrected chi connectivity index (χ4v) is 4.72. The molecule has 1 fully saturated rings. The normalized spacial score (nSPS) is 19.8. The van der Waals surface area contributed by atoms with Gasteiger partial charge in [0.25, 0.3) is 10.0 Å². The van der Waals surface area contributed by atoms with Crippen LogP contribution in [0.5, 0.6) is 0 Å². The van der Waals surface area contributed by atoms with Gasteiger partial charge in [-0.1, -0.05) is 0 Å². The number of benzene rings is 2. The van der Waals surface area contributed by atoms with Gasteiger partial charge in [-0.3, -0.25) is 4.72 Å². The molecule has 9 heteroatoms. The molecule has 30 heavy (non-hydrogen) atoms. The number of ether oxygens (including phenoxy) is 1. The fraction of sp³-hybridized carbons (Fsp3) is 0.286. The van der Waals surface area contributed by atoms with Crippen molar-refractivity contribution in [1.29, 1.82) is 0 Å². The molecule has 2 atom stereocenters. The maximum absolute atomic E-state index is 14.8. The summed E-state index contributed by atoms with van der Waals surface area (Å²) in [5, 5.41) is 0.467. The minimum absolute atomic E-state index is 0.0239. The van der Waals surface area contributed by atoms with E-state index >= 15 is 0 Å². The second-order valence-corrected chi connectivity index (χ2v) is 9.07.